The zero-order chi connectivity index (χ0) is 30.6. The normalized spacial score (nSPS) is 24.7. The second kappa shape index (κ2) is 15.7. The molecule has 0 aromatic carbocycles. The lowest BCUT2D eigenvalue weighted by Gasteiger charge is -2.35. The molecule has 2 atom stereocenters. The highest BCUT2D eigenvalue weighted by atomic mass is 16.3. The van der Waals surface area contributed by atoms with Gasteiger partial charge >= 0.3 is 0 Å². The average Bonchev–Trinajstić information content (AvgIpc) is 2.84. The molecule has 0 amide bonds. The number of rotatable bonds is 10. The van der Waals surface area contributed by atoms with Crippen LogP contribution < -0.4 is 0 Å². The van der Waals surface area contributed by atoms with Crippen LogP contribution in [0.5, 0.6) is 0 Å². The molecule has 2 aliphatic carbocycles. The van der Waals surface area contributed by atoms with Gasteiger partial charge in [0.15, 0.2) is 0 Å². The van der Waals surface area contributed by atoms with E-state index < -0.39 is 0 Å². The van der Waals surface area contributed by atoms with Crippen molar-refractivity contribution in [2.75, 3.05) is 0 Å². The minimum Gasteiger partial charge on any atom is -0.393 e. The molecular formula is C40H54O. The fourth-order valence-electron chi connectivity index (χ4n) is 5.62. The molecule has 0 aromatic rings. The van der Waals surface area contributed by atoms with Crippen LogP contribution in [-0.4, -0.2) is 11.2 Å². The van der Waals surface area contributed by atoms with Crippen LogP contribution in [0.4, 0.5) is 0 Å². The first-order chi connectivity index (χ1) is 19.2. The van der Waals surface area contributed by atoms with Crippen molar-refractivity contribution in [2.24, 2.45) is 16.7 Å². The molecule has 1 nitrogen and oxygen atoms in total. The fraction of sp³-hybridized carbons (Fsp3) is 0.400. The molecule has 0 bridgehead atoms. The summed E-state index contributed by atoms with van der Waals surface area (Å²) in [7, 11) is 0. The quantitative estimate of drug-likeness (QED) is 0.268. The summed E-state index contributed by atoms with van der Waals surface area (Å²) in [4.78, 5) is 0. The summed E-state index contributed by atoms with van der Waals surface area (Å²) in [5, 5.41) is 10.1. The summed E-state index contributed by atoms with van der Waals surface area (Å²) in [6.45, 7) is 21.9. The lowest BCUT2D eigenvalue weighted by molar-refractivity contribution is 0.116. The van der Waals surface area contributed by atoms with Crippen LogP contribution in [0.3, 0.4) is 0 Å². The zero-order valence-corrected chi connectivity index (χ0v) is 27.3. The Morgan fingerprint density at radius 2 is 1.27 bits per heavy atom. The lowest BCUT2D eigenvalue weighted by atomic mass is 9.71. The van der Waals surface area contributed by atoms with Gasteiger partial charge in [-0.3, -0.25) is 0 Å². The summed E-state index contributed by atoms with van der Waals surface area (Å²) in [6, 6.07) is 0. The minimum atomic E-state index is -0.222. The highest BCUT2D eigenvalue weighted by Gasteiger charge is 2.31. The monoisotopic (exact) mass is 550 g/mol. The van der Waals surface area contributed by atoms with Crippen LogP contribution in [0.25, 0.3) is 0 Å². The number of hydrogen-bond acceptors (Lipinski definition) is 1. The van der Waals surface area contributed by atoms with Gasteiger partial charge in [-0.15, -0.1) is 0 Å². The lowest BCUT2D eigenvalue weighted by Crippen LogP contribution is -2.28. The number of hydrogen-bond donors (Lipinski definition) is 1. The van der Waals surface area contributed by atoms with E-state index in [0.717, 1.165) is 12.8 Å². The van der Waals surface area contributed by atoms with E-state index in [2.05, 4.69) is 173 Å². The Morgan fingerprint density at radius 3 is 1.80 bits per heavy atom. The van der Waals surface area contributed by atoms with E-state index >= 15 is 0 Å². The maximum atomic E-state index is 10.1. The highest BCUT2D eigenvalue weighted by molar-refractivity contribution is 5.38. The van der Waals surface area contributed by atoms with Crippen molar-refractivity contribution in [2.45, 2.75) is 88.2 Å². The van der Waals surface area contributed by atoms with Crippen LogP contribution in [0.1, 0.15) is 82.1 Å². The SMILES string of the molecule is CC1=CC=CC(C)(C)[C@@H]1/C=C/C(C)=C/C=C/C(C)=C/C=C/C=C(C)/C=C/C=C(C)/C=C/C1=C(C)C[C@@H](O)CC1(C)C. The van der Waals surface area contributed by atoms with E-state index in [1.54, 1.807) is 0 Å². The largest absolute Gasteiger partial charge is 0.393 e. The molecule has 2 rings (SSSR count). The summed E-state index contributed by atoms with van der Waals surface area (Å²) >= 11 is 0. The van der Waals surface area contributed by atoms with E-state index in [-0.39, 0.29) is 16.9 Å². The van der Waals surface area contributed by atoms with Gasteiger partial charge in [0.1, 0.15) is 0 Å². The zero-order valence-electron chi connectivity index (χ0n) is 27.3. The molecule has 0 heterocycles. The Bertz CT molecular complexity index is 1280. The molecular weight excluding hydrogens is 496 g/mol. The molecule has 0 unspecified atom stereocenters. The summed E-state index contributed by atoms with van der Waals surface area (Å²) < 4.78 is 0. The third kappa shape index (κ3) is 11.7. The smallest absolute Gasteiger partial charge is 0.0585 e. The van der Waals surface area contributed by atoms with E-state index in [1.807, 2.05) is 0 Å². The van der Waals surface area contributed by atoms with Gasteiger partial charge in [0, 0.05) is 5.92 Å². The molecule has 0 saturated carbocycles. The molecule has 41 heavy (non-hydrogen) atoms. The molecule has 0 spiro atoms. The van der Waals surface area contributed by atoms with Crippen molar-refractivity contribution >= 4 is 0 Å². The minimum absolute atomic E-state index is 0.0108. The Hall–Kier alpha value is -3.16. The van der Waals surface area contributed by atoms with Gasteiger partial charge in [-0.1, -0.05) is 164 Å². The second-order valence-electron chi connectivity index (χ2n) is 13.1. The standard InChI is InChI=1S/C40H54O/c1-30(18-13-20-32(3)23-25-37-34(5)22-15-27-39(37,7)8)16-11-12-17-31(2)19-14-21-33(4)24-26-38-35(6)28-36(41)29-40(38,9)10/h11-27,36-37,41H,28-29H2,1-10H3/b12-11+,18-13+,19-14+,25-23+,26-24+,30-16+,31-17+,32-20+,33-21+/t36-,37-/m1/s1. The average molecular weight is 551 g/mol. The molecule has 1 N–H and O–H groups in total. The molecule has 0 saturated heterocycles. The van der Waals surface area contributed by atoms with Crippen molar-refractivity contribution < 1.29 is 5.11 Å². The second-order valence-corrected chi connectivity index (χ2v) is 13.1. The van der Waals surface area contributed by atoms with Gasteiger partial charge in [0.05, 0.1) is 6.10 Å². The number of aliphatic hydroxyl groups excluding tert-OH is 1. The summed E-state index contributed by atoms with van der Waals surface area (Å²) in [5.41, 5.74) is 9.09. The first-order valence-electron chi connectivity index (χ1n) is 15.0. The Balaban J connectivity index is 1.89. The van der Waals surface area contributed by atoms with Gasteiger partial charge < -0.3 is 5.11 Å². The molecule has 1 heteroatoms. The first kappa shape index (κ1) is 34.0. The molecule has 0 fully saturated rings. The maximum Gasteiger partial charge on any atom is 0.0585 e. The van der Waals surface area contributed by atoms with Gasteiger partial charge in [-0.25, -0.2) is 0 Å². The maximum absolute atomic E-state index is 10.1. The van der Waals surface area contributed by atoms with Crippen molar-refractivity contribution in [1.29, 1.82) is 0 Å². The van der Waals surface area contributed by atoms with E-state index in [4.69, 9.17) is 0 Å². The van der Waals surface area contributed by atoms with E-state index in [9.17, 15) is 5.11 Å². The van der Waals surface area contributed by atoms with Gasteiger partial charge in [0.25, 0.3) is 0 Å². The molecule has 0 aromatic heterocycles. The predicted octanol–water partition coefficient (Wildman–Crippen LogP) is 11.2. The highest BCUT2D eigenvalue weighted by Crippen LogP contribution is 2.41. The Kier molecular flexibility index (Phi) is 13.1. The molecule has 0 radical (unpaired) electrons. The van der Waals surface area contributed by atoms with Gasteiger partial charge in [-0.05, 0) is 70.8 Å². The summed E-state index contributed by atoms with van der Waals surface area (Å²) in [6.07, 6.45) is 38.3. The van der Waals surface area contributed by atoms with E-state index in [0.29, 0.717) is 5.92 Å². The van der Waals surface area contributed by atoms with Crippen molar-refractivity contribution in [3.8, 4) is 0 Å². The van der Waals surface area contributed by atoms with Crippen LogP contribution in [0, 0.1) is 16.7 Å². The van der Waals surface area contributed by atoms with Gasteiger partial charge in [-0.2, -0.15) is 0 Å². The Morgan fingerprint density at radius 1 is 0.756 bits per heavy atom. The van der Waals surface area contributed by atoms with Crippen molar-refractivity contribution in [3.63, 3.8) is 0 Å². The number of allylic oxidation sites excluding steroid dienone is 23. The topological polar surface area (TPSA) is 20.2 Å². The predicted molar refractivity (Wildman–Crippen MR) is 183 cm³/mol. The molecule has 2 aliphatic rings. The first-order valence-corrected chi connectivity index (χ1v) is 15.0. The van der Waals surface area contributed by atoms with Gasteiger partial charge in [0.2, 0.25) is 0 Å². The van der Waals surface area contributed by atoms with E-state index in [1.165, 1.54) is 39.0 Å². The summed E-state index contributed by atoms with van der Waals surface area (Å²) in [5.74, 6) is 0.438. The third-order valence-corrected chi connectivity index (χ3v) is 7.98. The van der Waals surface area contributed by atoms with Crippen molar-refractivity contribution in [1.82, 2.24) is 0 Å². The third-order valence-electron chi connectivity index (χ3n) is 7.98. The van der Waals surface area contributed by atoms with Crippen molar-refractivity contribution in [3.05, 3.63) is 142 Å². The molecule has 0 aliphatic heterocycles. The fourth-order valence-corrected chi connectivity index (χ4v) is 5.62. The Labute approximate surface area is 251 Å². The number of aliphatic hydroxyl groups is 1. The van der Waals surface area contributed by atoms with Crippen LogP contribution in [-0.2, 0) is 0 Å². The van der Waals surface area contributed by atoms with Crippen LogP contribution >= 0.6 is 0 Å². The molecule has 220 valence electrons. The van der Waals surface area contributed by atoms with Crippen LogP contribution in [0.15, 0.2) is 142 Å². The van der Waals surface area contributed by atoms with Crippen LogP contribution in [0.2, 0.25) is 0 Å².